The van der Waals surface area contributed by atoms with Gasteiger partial charge in [-0.15, -0.1) is 0 Å². The van der Waals surface area contributed by atoms with Crippen LogP contribution in [0.15, 0.2) is 30.3 Å². The molecule has 0 aromatic heterocycles. The van der Waals surface area contributed by atoms with Gasteiger partial charge >= 0.3 is 0 Å². The summed E-state index contributed by atoms with van der Waals surface area (Å²) in [6, 6.07) is 9.74. The van der Waals surface area contributed by atoms with Crippen molar-refractivity contribution in [1.29, 1.82) is 0 Å². The van der Waals surface area contributed by atoms with E-state index in [-0.39, 0.29) is 11.5 Å². The number of benzene rings is 2. The van der Waals surface area contributed by atoms with Gasteiger partial charge in [0, 0.05) is 16.7 Å². The lowest BCUT2D eigenvalue weighted by Crippen LogP contribution is -1.98. The molecule has 0 atom stereocenters. The summed E-state index contributed by atoms with van der Waals surface area (Å²) in [5, 5.41) is 21.3. The first-order valence-electron chi connectivity index (χ1n) is 8.28. The molecular formula is C20H26O3. The zero-order chi connectivity index (χ0) is 16.8. The predicted molar refractivity (Wildman–Crippen MR) is 94.3 cm³/mol. The van der Waals surface area contributed by atoms with E-state index in [9.17, 15) is 10.2 Å². The largest absolute Gasteiger partial charge is 0.507 e. The van der Waals surface area contributed by atoms with Gasteiger partial charge in [0.2, 0.25) is 0 Å². The lowest BCUT2D eigenvalue weighted by Gasteiger charge is -2.19. The van der Waals surface area contributed by atoms with Crippen molar-refractivity contribution < 1.29 is 14.9 Å². The summed E-state index contributed by atoms with van der Waals surface area (Å²) in [5.74, 6) is 0.689. The lowest BCUT2D eigenvalue weighted by molar-refractivity contribution is 0.362. The number of hydrogen-bond donors (Lipinski definition) is 2. The summed E-state index contributed by atoms with van der Waals surface area (Å²) in [5.41, 5.74) is 3.01. The van der Waals surface area contributed by atoms with Crippen LogP contribution in [0, 0.1) is 6.92 Å². The molecule has 0 aliphatic rings. The van der Waals surface area contributed by atoms with Crippen LogP contribution in [0.5, 0.6) is 17.2 Å². The summed E-state index contributed by atoms with van der Waals surface area (Å²) < 4.78 is 5.40. The summed E-state index contributed by atoms with van der Waals surface area (Å²) in [6.45, 7) is 4.03. The average molecular weight is 314 g/mol. The van der Waals surface area contributed by atoms with Gasteiger partial charge in [-0.3, -0.25) is 0 Å². The molecule has 0 amide bonds. The lowest BCUT2D eigenvalue weighted by atomic mass is 9.92. The van der Waals surface area contributed by atoms with Crippen LogP contribution in [-0.4, -0.2) is 17.3 Å². The Balaban J connectivity index is 2.50. The van der Waals surface area contributed by atoms with E-state index in [1.807, 2.05) is 37.3 Å². The molecule has 0 unspecified atom stereocenters. The third-order valence-corrected chi connectivity index (χ3v) is 4.29. The number of rotatable bonds is 7. The summed E-state index contributed by atoms with van der Waals surface area (Å²) in [6.07, 6.45) is 5.00. The summed E-state index contributed by atoms with van der Waals surface area (Å²) >= 11 is 0. The quantitative estimate of drug-likeness (QED) is 0.690. The van der Waals surface area contributed by atoms with E-state index in [2.05, 4.69) is 6.92 Å². The highest BCUT2D eigenvalue weighted by molar-refractivity contribution is 5.80. The smallest absolute Gasteiger partial charge is 0.164 e. The molecule has 23 heavy (non-hydrogen) atoms. The molecule has 3 nitrogen and oxygen atoms in total. The number of aromatic hydroxyl groups is 2. The molecule has 0 aliphatic carbocycles. The van der Waals surface area contributed by atoms with Crippen LogP contribution < -0.4 is 4.74 Å². The number of unbranched alkanes of at least 4 members (excludes halogenated alkanes) is 3. The molecule has 0 saturated carbocycles. The van der Waals surface area contributed by atoms with Crippen molar-refractivity contribution in [2.24, 2.45) is 0 Å². The van der Waals surface area contributed by atoms with E-state index in [0.29, 0.717) is 17.7 Å². The number of ether oxygens (including phenoxy) is 1. The molecule has 124 valence electrons. The van der Waals surface area contributed by atoms with E-state index in [4.69, 9.17) is 4.74 Å². The van der Waals surface area contributed by atoms with Gasteiger partial charge in [0.15, 0.2) is 11.5 Å². The molecule has 0 aliphatic heterocycles. The van der Waals surface area contributed by atoms with E-state index < -0.39 is 0 Å². The van der Waals surface area contributed by atoms with Crippen molar-refractivity contribution in [1.82, 2.24) is 0 Å². The normalized spacial score (nSPS) is 10.7. The third kappa shape index (κ3) is 3.61. The third-order valence-electron chi connectivity index (χ3n) is 4.29. The van der Waals surface area contributed by atoms with Crippen LogP contribution >= 0.6 is 0 Å². The maximum absolute atomic E-state index is 10.8. The number of methoxy groups -OCH3 is 1. The first-order chi connectivity index (χ1) is 11.1. The number of phenols is 2. The summed E-state index contributed by atoms with van der Waals surface area (Å²) in [7, 11) is 1.55. The predicted octanol–water partition coefficient (Wildman–Crippen LogP) is 5.20. The van der Waals surface area contributed by atoms with Crippen molar-refractivity contribution in [3.63, 3.8) is 0 Å². The Bertz CT molecular complexity index is 648. The standard InChI is InChI=1S/C20H26O3/c1-4-5-6-10-13-16-18(21)17(15-11-8-7-9-12-15)14(2)20(23-3)19(16)22/h7-9,11-12,21-22H,4-6,10,13H2,1-3H3. The summed E-state index contributed by atoms with van der Waals surface area (Å²) in [4.78, 5) is 0. The molecule has 2 rings (SSSR count). The molecule has 2 aromatic rings. The van der Waals surface area contributed by atoms with Crippen LogP contribution in [0.3, 0.4) is 0 Å². The van der Waals surface area contributed by atoms with Crippen LogP contribution in [0.2, 0.25) is 0 Å². The molecule has 0 radical (unpaired) electrons. The van der Waals surface area contributed by atoms with Crippen molar-refractivity contribution in [3.05, 3.63) is 41.5 Å². The van der Waals surface area contributed by atoms with Gasteiger partial charge in [-0.05, 0) is 25.3 Å². The van der Waals surface area contributed by atoms with Crippen molar-refractivity contribution in [2.45, 2.75) is 46.0 Å². The first kappa shape index (κ1) is 17.2. The Kier molecular flexibility index (Phi) is 5.91. The second-order valence-corrected chi connectivity index (χ2v) is 5.89. The topological polar surface area (TPSA) is 49.7 Å². The molecule has 0 saturated heterocycles. The minimum absolute atomic E-state index is 0.0682. The van der Waals surface area contributed by atoms with Crippen molar-refractivity contribution in [2.75, 3.05) is 7.11 Å². The van der Waals surface area contributed by atoms with Crippen molar-refractivity contribution >= 4 is 0 Å². The first-order valence-corrected chi connectivity index (χ1v) is 8.28. The van der Waals surface area contributed by atoms with Gasteiger partial charge < -0.3 is 14.9 Å². The van der Waals surface area contributed by atoms with Gasteiger partial charge in [-0.25, -0.2) is 0 Å². The molecule has 0 spiro atoms. The van der Waals surface area contributed by atoms with E-state index in [1.54, 1.807) is 7.11 Å². The Morgan fingerprint density at radius 2 is 1.65 bits per heavy atom. The Hall–Kier alpha value is -2.16. The maximum atomic E-state index is 10.8. The molecule has 0 bridgehead atoms. The Morgan fingerprint density at radius 1 is 0.957 bits per heavy atom. The zero-order valence-corrected chi connectivity index (χ0v) is 14.2. The molecule has 3 heteroatoms. The van der Waals surface area contributed by atoms with Gasteiger partial charge in [-0.1, -0.05) is 56.5 Å². The SMILES string of the molecule is CCCCCCc1c(O)c(OC)c(C)c(-c2ccccc2)c1O. The fourth-order valence-corrected chi connectivity index (χ4v) is 3.04. The van der Waals surface area contributed by atoms with Crippen molar-refractivity contribution in [3.8, 4) is 28.4 Å². The van der Waals surface area contributed by atoms with Crippen LogP contribution in [0.25, 0.3) is 11.1 Å². The highest BCUT2D eigenvalue weighted by atomic mass is 16.5. The van der Waals surface area contributed by atoms with Crippen LogP contribution in [0.4, 0.5) is 0 Å². The van der Waals surface area contributed by atoms with Gasteiger partial charge in [0.05, 0.1) is 7.11 Å². The van der Waals surface area contributed by atoms with Gasteiger partial charge in [0.25, 0.3) is 0 Å². The highest BCUT2D eigenvalue weighted by Gasteiger charge is 2.22. The number of hydrogen-bond acceptors (Lipinski definition) is 3. The average Bonchev–Trinajstić information content (AvgIpc) is 2.55. The molecule has 2 aromatic carbocycles. The van der Waals surface area contributed by atoms with E-state index in [0.717, 1.165) is 42.4 Å². The fraction of sp³-hybridized carbons (Fsp3) is 0.400. The Labute approximate surface area is 138 Å². The molecular weight excluding hydrogens is 288 g/mol. The van der Waals surface area contributed by atoms with Gasteiger partial charge in [0.1, 0.15) is 5.75 Å². The van der Waals surface area contributed by atoms with Gasteiger partial charge in [-0.2, -0.15) is 0 Å². The minimum atomic E-state index is 0.0682. The maximum Gasteiger partial charge on any atom is 0.164 e. The second kappa shape index (κ2) is 7.91. The highest BCUT2D eigenvalue weighted by Crippen LogP contribution is 2.47. The van der Waals surface area contributed by atoms with E-state index >= 15 is 0 Å². The molecule has 2 N–H and O–H groups in total. The zero-order valence-electron chi connectivity index (χ0n) is 14.2. The van der Waals surface area contributed by atoms with E-state index in [1.165, 1.54) is 0 Å². The molecule has 0 heterocycles. The monoisotopic (exact) mass is 314 g/mol. The molecule has 0 fully saturated rings. The van der Waals surface area contributed by atoms with Crippen LogP contribution in [0.1, 0.15) is 43.7 Å². The van der Waals surface area contributed by atoms with Crippen LogP contribution in [-0.2, 0) is 6.42 Å². The Morgan fingerprint density at radius 3 is 2.26 bits per heavy atom. The number of phenolic OH excluding ortho intramolecular Hbond substituents is 2. The minimum Gasteiger partial charge on any atom is -0.507 e. The fourth-order valence-electron chi connectivity index (χ4n) is 3.04. The second-order valence-electron chi connectivity index (χ2n) is 5.89.